The lowest BCUT2D eigenvalue weighted by molar-refractivity contribution is -0.130. The molecule has 0 unspecified atom stereocenters. The number of hydrogen-bond acceptors (Lipinski definition) is 6. The van der Waals surface area contributed by atoms with Crippen molar-refractivity contribution in [3.05, 3.63) is 17.8 Å². The molecule has 0 aromatic carbocycles. The average molecular weight is 379 g/mol. The fraction of sp³-hybridized carbons (Fsp3) is 0.737. The Morgan fingerprint density at radius 3 is 2.63 bits per heavy atom. The van der Waals surface area contributed by atoms with E-state index in [4.69, 9.17) is 13.9 Å². The Labute approximate surface area is 159 Å². The molecule has 8 nitrogen and oxygen atoms in total. The number of rotatable bonds is 6. The molecule has 2 amide bonds. The largest absolute Gasteiger partial charge is 0.438 e. The minimum atomic E-state index is -0.335. The van der Waals surface area contributed by atoms with Crippen molar-refractivity contribution >= 4 is 11.8 Å². The van der Waals surface area contributed by atoms with Crippen LogP contribution in [0.25, 0.3) is 0 Å². The Morgan fingerprint density at radius 2 is 2.04 bits per heavy atom. The first-order valence-electron chi connectivity index (χ1n) is 9.63. The minimum absolute atomic E-state index is 0.00896. The van der Waals surface area contributed by atoms with Gasteiger partial charge in [-0.25, -0.2) is 4.98 Å². The number of aromatic nitrogens is 1. The van der Waals surface area contributed by atoms with Crippen molar-refractivity contribution in [2.45, 2.75) is 44.6 Å². The highest BCUT2D eigenvalue weighted by molar-refractivity contribution is 5.92. The zero-order chi connectivity index (χ0) is 19.3. The van der Waals surface area contributed by atoms with Crippen LogP contribution in [-0.2, 0) is 14.3 Å². The van der Waals surface area contributed by atoms with Gasteiger partial charge in [-0.1, -0.05) is 0 Å². The van der Waals surface area contributed by atoms with Gasteiger partial charge in [-0.2, -0.15) is 0 Å². The molecular weight excluding hydrogens is 350 g/mol. The highest BCUT2D eigenvalue weighted by Crippen LogP contribution is 2.28. The van der Waals surface area contributed by atoms with E-state index in [9.17, 15) is 9.59 Å². The van der Waals surface area contributed by atoms with Gasteiger partial charge in [0.1, 0.15) is 0 Å². The highest BCUT2D eigenvalue weighted by atomic mass is 16.5. The molecule has 0 aliphatic carbocycles. The number of carbonyl (C=O) groups is 2. The number of nitrogens with one attached hydrogen (secondary N) is 1. The van der Waals surface area contributed by atoms with Gasteiger partial charge in [0.2, 0.25) is 11.7 Å². The van der Waals surface area contributed by atoms with Crippen LogP contribution >= 0.6 is 0 Å². The molecule has 1 N–H and O–H groups in total. The van der Waals surface area contributed by atoms with Crippen molar-refractivity contribution < 1.29 is 23.5 Å². The molecule has 1 aromatic heterocycles. The van der Waals surface area contributed by atoms with E-state index in [0.29, 0.717) is 57.2 Å². The lowest BCUT2D eigenvalue weighted by Crippen LogP contribution is -2.58. The quantitative estimate of drug-likeness (QED) is 0.806. The smallest absolute Gasteiger partial charge is 0.291 e. The maximum atomic E-state index is 12.8. The first kappa shape index (κ1) is 19.8. The molecule has 2 aliphatic heterocycles. The van der Waals surface area contributed by atoms with Gasteiger partial charge in [0.25, 0.3) is 5.91 Å². The van der Waals surface area contributed by atoms with Gasteiger partial charge < -0.3 is 24.1 Å². The zero-order valence-electron chi connectivity index (χ0n) is 16.2. The van der Waals surface area contributed by atoms with Crippen LogP contribution in [0.15, 0.2) is 10.8 Å². The van der Waals surface area contributed by atoms with Gasteiger partial charge in [-0.05, 0) is 39.0 Å². The first-order valence-corrected chi connectivity index (χ1v) is 9.63. The summed E-state index contributed by atoms with van der Waals surface area (Å²) in [7, 11) is 1.67. The molecule has 27 heavy (non-hydrogen) atoms. The Bertz CT molecular complexity index is 646. The summed E-state index contributed by atoms with van der Waals surface area (Å²) in [6.07, 6.45) is 4.96. The summed E-state index contributed by atoms with van der Waals surface area (Å²) in [5.74, 6) is 0.265. The summed E-state index contributed by atoms with van der Waals surface area (Å²) in [6.45, 7) is 4.75. The Balaban J connectivity index is 1.63. The second-order valence-electron chi connectivity index (χ2n) is 7.46. The number of nitrogens with zero attached hydrogens (tertiary/aromatic N) is 2. The summed E-state index contributed by atoms with van der Waals surface area (Å²) in [5, 5.41) is 3.29. The normalized spacial score (nSPS) is 20.4. The number of ether oxygens (including phenoxy) is 2. The summed E-state index contributed by atoms with van der Waals surface area (Å²) >= 11 is 0. The number of aryl methyl sites for hydroxylation is 1. The molecule has 0 atom stereocenters. The first-order chi connectivity index (χ1) is 13.0. The second-order valence-corrected chi connectivity index (χ2v) is 7.46. The predicted octanol–water partition coefficient (Wildman–Crippen LogP) is 1.54. The van der Waals surface area contributed by atoms with Gasteiger partial charge in [0.05, 0.1) is 5.69 Å². The lowest BCUT2D eigenvalue weighted by Gasteiger charge is -2.43. The molecule has 3 rings (SSSR count). The number of carbonyl (C=O) groups excluding carboxylic acids is 2. The molecule has 0 radical (unpaired) electrons. The molecule has 2 saturated heterocycles. The standard InChI is InChI=1S/C19H29N3O5/c1-14-16(27-13-20-14)18(24)22-8-5-19(6-9-22,7-12-25-2)21-17(23)15-3-10-26-11-4-15/h13,15H,3-12H2,1-2H3,(H,21,23). The summed E-state index contributed by atoms with van der Waals surface area (Å²) < 4.78 is 15.9. The van der Waals surface area contributed by atoms with Crippen molar-refractivity contribution in [3.8, 4) is 0 Å². The van der Waals surface area contributed by atoms with Crippen molar-refractivity contribution in [1.82, 2.24) is 15.2 Å². The summed E-state index contributed by atoms with van der Waals surface area (Å²) in [4.78, 5) is 31.2. The third-order valence-electron chi connectivity index (χ3n) is 5.71. The van der Waals surface area contributed by atoms with Gasteiger partial charge in [-0.15, -0.1) is 0 Å². The van der Waals surface area contributed by atoms with E-state index in [2.05, 4.69) is 10.3 Å². The number of piperidine rings is 1. The summed E-state index contributed by atoms with van der Waals surface area (Å²) in [5.41, 5.74) is 0.266. The molecule has 0 spiro atoms. The van der Waals surface area contributed by atoms with Crippen molar-refractivity contribution in [3.63, 3.8) is 0 Å². The van der Waals surface area contributed by atoms with Crippen LogP contribution in [0.2, 0.25) is 0 Å². The Hall–Kier alpha value is -1.93. The van der Waals surface area contributed by atoms with E-state index in [1.807, 2.05) is 0 Å². The van der Waals surface area contributed by atoms with Crippen molar-refractivity contribution in [2.24, 2.45) is 5.92 Å². The number of likely N-dealkylation sites (tertiary alicyclic amines) is 1. The average Bonchev–Trinajstić information content (AvgIpc) is 3.13. The van der Waals surface area contributed by atoms with E-state index in [-0.39, 0.29) is 23.3 Å². The van der Waals surface area contributed by atoms with Crippen LogP contribution < -0.4 is 5.32 Å². The molecule has 2 fully saturated rings. The maximum Gasteiger partial charge on any atom is 0.291 e. The molecule has 2 aliphatic rings. The molecular formula is C19H29N3O5. The van der Waals surface area contributed by atoms with E-state index < -0.39 is 0 Å². The molecule has 150 valence electrons. The molecule has 3 heterocycles. The Morgan fingerprint density at radius 1 is 1.33 bits per heavy atom. The van der Waals surface area contributed by atoms with Gasteiger partial charge in [0, 0.05) is 51.5 Å². The highest BCUT2D eigenvalue weighted by Gasteiger charge is 2.39. The number of oxazole rings is 1. The van der Waals surface area contributed by atoms with Crippen LogP contribution in [-0.4, -0.2) is 67.3 Å². The number of methoxy groups -OCH3 is 1. The van der Waals surface area contributed by atoms with E-state index >= 15 is 0 Å². The lowest BCUT2D eigenvalue weighted by atomic mass is 9.83. The van der Waals surface area contributed by atoms with E-state index in [1.54, 1.807) is 18.9 Å². The minimum Gasteiger partial charge on any atom is -0.438 e. The second kappa shape index (κ2) is 8.84. The van der Waals surface area contributed by atoms with E-state index in [1.165, 1.54) is 6.39 Å². The maximum absolute atomic E-state index is 12.8. The van der Waals surface area contributed by atoms with Crippen LogP contribution in [0.1, 0.15) is 48.4 Å². The number of amides is 2. The van der Waals surface area contributed by atoms with E-state index in [0.717, 1.165) is 19.3 Å². The van der Waals surface area contributed by atoms with Crippen molar-refractivity contribution in [1.29, 1.82) is 0 Å². The topological polar surface area (TPSA) is 93.9 Å². The third kappa shape index (κ3) is 4.68. The van der Waals surface area contributed by atoms with Crippen LogP contribution in [0.5, 0.6) is 0 Å². The van der Waals surface area contributed by atoms with Gasteiger partial charge in [0.15, 0.2) is 6.39 Å². The van der Waals surface area contributed by atoms with Gasteiger partial charge >= 0.3 is 0 Å². The fourth-order valence-electron chi connectivity index (χ4n) is 3.85. The fourth-order valence-corrected chi connectivity index (χ4v) is 3.85. The monoisotopic (exact) mass is 379 g/mol. The predicted molar refractivity (Wildman–Crippen MR) is 97.3 cm³/mol. The molecule has 0 saturated carbocycles. The van der Waals surface area contributed by atoms with Crippen LogP contribution in [0.4, 0.5) is 0 Å². The van der Waals surface area contributed by atoms with Crippen LogP contribution in [0.3, 0.4) is 0 Å². The van der Waals surface area contributed by atoms with Crippen LogP contribution in [0, 0.1) is 12.8 Å². The SMILES string of the molecule is COCCC1(NC(=O)C2CCOCC2)CCN(C(=O)c2ocnc2C)CC1. The summed E-state index contributed by atoms with van der Waals surface area (Å²) in [6, 6.07) is 0. The number of hydrogen-bond donors (Lipinski definition) is 1. The van der Waals surface area contributed by atoms with Gasteiger partial charge in [-0.3, -0.25) is 9.59 Å². The Kier molecular flexibility index (Phi) is 6.49. The van der Waals surface area contributed by atoms with Crippen molar-refractivity contribution in [2.75, 3.05) is 40.0 Å². The third-order valence-corrected chi connectivity index (χ3v) is 5.71. The zero-order valence-corrected chi connectivity index (χ0v) is 16.2. The molecule has 0 bridgehead atoms. The molecule has 8 heteroatoms. The molecule has 1 aromatic rings.